The number of aliphatic carboxylic acids is 1. The fourth-order valence-corrected chi connectivity index (χ4v) is 3.82. The molecular weight excluding hydrogens is 368 g/mol. The molecule has 0 aromatic heterocycles. The van der Waals surface area contributed by atoms with Crippen molar-refractivity contribution in [2.45, 2.75) is 32.1 Å². The van der Waals surface area contributed by atoms with Crippen LogP contribution in [0, 0.1) is 11.8 Å². The summed E-state index contributed by atoms with van der Waals surface area (Å²) in [6.07, 6.45) is 3.43. The highest BCUT2D eigenvalue weighted by atomic mass is 16.4. The summed E-state index contributed by atoms with van der Waals surface area (Å²) >= 11 is 0. The molecule has 1 aliphatic rings. The Labute approximate surface area is 170 Å². The van der Waals surface area contributed by atoms with Gasteiger partial charge < -0.3 is 15.7 Å². The van der Waals surface area contributed by atoms with Crippen molar-refractivity contribution in [1.82, 2.24) is 5.32 Å². The van der Waals surface area contributed by atoms with E-state index < -0.39 is 17.8 Å². The maximum absolute atomic E-state index is 12.8. The predicted molar refractivity (Wildman–Crippen MR) is 111 cm³/mol. The average molecular weight is 394 g/mol. The smallest absolute Gasteiger partial charge is 0.307 e. The van der Waals surface area contributed by atoms with E-state index in [9.17, 15) is 19.5 Å². The number of amides is 2. The van der Waals surface area contributed by atoms with Crippen LogP contribution < -0.4 is 10.6 Å². The lowest BCUT2D eigenvalue weighted by Crippen LogP contribution is -2.36. The highest BCUT2D eigenvalue weighted by molar-refractivity contribution is 6.04. The van der Waals surface area contributed by atoms with E-state index in [1.54, 1.807) is 24.3 Å². The molecule has 152 valence electrons. The molecule has 29 heavy (non-hydrogen) atoms. The van der Waals surface area contributed by atoms with Crippen LogP contribution in [0.15, 0.2) is 54.6 Å². The van der Waals surface area contributed by atoms with Crippen molar-refractivity contribution in [3.63, 3.8) is 0 Å². The summed E-state index contributed by atoms with van der Waals surface area (Å²) in [4.78, 5) is 36.9. The molecule has 2 aromatic rings. The van der Waals surface area contributed by atoms with Gasteiger partial charge in [-0.15, -0.1) is 0 Å². The number of carboxylic acid groups (broad SMARTS) is 1. The van der Waals surface area contributed by atoms with Gasteiger partial charge in [-0.05, 0) is 37.0 Å². The average Bonchev–Trinajstić information content (AvgIpc) is 2.74. The summed E-state index contributed by atoms with van der Waals surface area (Å²) in [5.74, 6) is -2.78. The monoisotopic (exact) mass is 394 g/mol. The molecule has 0 aliphatic heterocycles. The molecule has 0 saturated heterocycles. The van der Waals surface area contributed by atoms with Gasteiger partial charge in [0.1, 0.15) is 0 Å². The van der Waals surface area contributed by atoms with Crippen molar-refractivity contribution in [3.8, 4) is 0 Å². The summed E-state index contributed by atoms with van der Waals surface area (Å²) in [6, 6.07) is 16.7. The molecular formula is C23H26N2O4. The number of hydrogen-bond acceptors (Lipinski definition) is 3. The van der Waals surface area contributed by atoms with Crippen molar-refractivity contribution < 1.29 is 19.5 Å². The van der Waals surface area contributed by atoms with Crippen molar-refractivity contribution in [2.75, 3.05) is 11.9 Å². The highest BCUT2D eigenvalue weighted by Gasteiger charge is 2.36. The number of carbonyl (C=O) groups is 3. The van der Waals surface area contributed by atoms with E-state index in [-0.39, 0.29) is 11.8 Å². The molecule has 0 heterocycles. The molecule has 0 spiro atoms. The van der Waals surface area contributed by atoms with E-state index in [1.165, 1.54) is 0 Å². The third-order valence-electron chi connectivity index (χ3n) is 5.39. The van der Waals surface area contributed by atoms with E-state index in [1.807, 2.05) is 30.3 Å². The van der Waals surface area contributed by atoms with Crippen molar-refractivity contribution in [3.05, 3.63) is 65.7 Å². The summed E-state index contributed by atoms with van der Waals surface area (Å²) in [5.41, 5.74) is 1.91. The zero-order valence-electron chi connectivity index (χ0n) is 16.3. The second-order valence-corrected chi connectivity index (χ2v) is 7.36. The van der Waals surface area contributed by atoms with Gasteiger partial charge in [0.15, 0.2) is 0 Å². The second-order valence-electron chi connectivity index (χ2n) is 7.36. The van der Waals surface area contributed by atoms with Gasteiger partial charge in [0.2, 0.25) is 5.91 Å². The summed E-state index contributed by atoms with van der Waals surface area (Å²) in [5, 5.41) is 15.1. The lowest BCUT2D eigenvalue weighted by molar-refractivity contribution is -0.147. The number of carbonyl (C=O) groups excluding carboxylic acids is 2. The molecule has 0 bridgehead atoms. The van der Waals surface area contributed by atoms with Crippen LogP contribution in [0.2, 0.25) is 0 Å². The quantitative estimate of drug-likeness (QED) is 0.670. The van der Waals surface area contributed by atoms with Crippen LogP contribution in [0.5, 0.6) is 0 Å². The summed E-state index contributed by atoms with van der Waals surface area (Å²) < 4.78 is 0. The minimum atomic E-state index is -0.934. The molecule has 6 heteroatoms. The SMILES string of the molecule is O=C(NCCc1ccccc1)c1ccccc1NC(=O)[C@H]1CCCC[C@@H]1C(=O)O. The Morgan fingerprint density at radius 2 is 1.55 bits per heavy atom. The minimum Gasteiger partial charge on any atom is -0.481 e. The van der Waals surface area contributed by atoms with E-state index >= 15 is 0 Å². The summed E-state index contributed by atoms with van der Waals surface area (Å²) in [6.45, 7) is 0.481. The molecule has 1 fully saturated rings. The number of rotatable bonds is 7. The first kappa shape index (κ1) is 20.6. The van der Waals surface area contributed by atoms with Crippen LogP contribution in [-0.2, 0) is 16.0 Å². The van der Waals surface area contributed by atoms with Crippen LogP contribution >= 0.6 is 0 Å². The van der Waals surface area contributed by atoms with E-state index in [0.717, 1.165) is 18.4 Å². The Hall–Kier alpha value is -3.15. The van der Waals surface area contributed by atoms with Gasteiger partial charge in [-0.2, -0.15) is 0 Å². The first-order valence-electron chi connectivity index (χ1n) is 10.0. The van der Waals surface area contributed by atoms with Gasteiger partial charge in [0, 0.05) is 6.54 Å². The van der Waals surface area contributed by atoms with Gasteiger partial charge >= 0.3 is 5.97 Å². The van der Waals surface area contributed by atoms with Gasteiger partial charge in [-0.25, -0.2) is 0 Å². The molecule has 0 unspecified atom stereocenters. The largest absolute Gasteiger partial charge is 0.481 e. The second kappa shape index (κ2) is 9.87. The minimum absolute atomic E-state index is 0.268. The molecule has 3 rings (SSSR count). The van der Waals surface area contributed by atoms with Crippen molar-refractivity contribution in [2.24, 2.45) is 11.8 Å². The Balaban J connectivity index is 1.64. The maximum atomic E-state index is 12.8. The van der Waals surface area contributed by atoms with Crippen LogP contribution in [0.3, 0.4) is 0 Å². The molecule has 3 N–H and O–H groups in total. The van der Waals surface area contributed by atoms with Gasteiger partial charge in [0.25, 0.3) is 5.91 Å². The van der Waals surface area contributed by atoms with E-state index in [2.05, 4.69) is 10.6 Å². The lowest BCUT2D eigenvalue weighted by Gasteiger charge is -2.27. The first-order valence-corrected chi connectivity index (χ1v) is 10.0. The molecule has 2 amide bonds. The molecule has 2 aromatic carbocycles. The Bertz CT molecular complexity index is 866. The van der Waals surface area contributed by atoms with Crippen molar-refractivity contribution in [1.29, 1.82) is 0 Å². The standard InChI is InChI=1S/C23H26N2O4/c26-21(24-15-14-16-8-2-1-3-9-16)19-12-6-7-13-20(19)25-22(27)17-10-4-5-11-18(17)23(28)29/h1-3,6-9,12-13,17-18H,4-5,10-11,14-15H2,(H,24,26)(H,25,27)(H,28,29)/t17-,18-/m0/s1. The van der Waals surface area contributed by atoms with Crippen LogP contribution in [0.4, 0.5) is 5.69 Å². The zero-order chi connectivity index (χ0) is 20.6. The topological polar surface area (TPSA) is 95.5 Å². The maximum Gasteiger partial charge on any atom is 0.307 e. The fraction of sp³-hybridized carbons (Fsp3) is 0.348. The molecule has 1 aliphatic carbocycles. The molecule has 0 radical (unpaired) electrons. The van der Waals surface area contributed by atoms with Crippen molar-refractivity contribution >= 4 is 23.5 Å². The number of nitrogens with one attached hydrogen (secondary N) is 2. The zero-order valence-corrected chi connectivity index (χ0v) is 16.3. The number of hydrogen-bond donors (Lipinski definition) is 3. The summed E-state index contributed by atoms with van der Waals surface area (Å²) in [7, 11) is 0. The Morgan fingerprint density at radius 3 is 2.28 bits per heavy atom. The fourth-order valence-electron chi connectivity index (χ4n) is 3.82. The first-order chi connectivity index (χ1) is 14.1. The van der Waals surface area contributed by atoms with Crippen LogP contribution in [-0.4, -0.2) is 29.4 Å². The van der Waals surface area contributed by atoms with Crippen LogP contribution in [0.1, 0.15) is 41.6 Å². The normalized spacial score (nSPS) is 18.6. The molecule has 2 atom stereocenters. The van der Waals surface area contributed by atoms with Gasteiger partial charge in [-0.3, -0.25) is 14.4 Å². The number of carboxylic acids is 1. The Morgan fingerprint density at radius 1 is 0.897 bits per heavy atom. The Kier molecular flexibility index (Phi) is 7.00. The lowest BCUT2D eigenvalue weighted by atomic mass is 9.78. The predicted octanol–water partition coefficient (Wildman–Crippen LogP) is 3.49. The van der Waals surface area contributed by atoms with E-state index in [0.29, 0.717) is 37.1 Å². The van der Waals surface area contributed by atoms with Crippen LogP contribution in [0.25, 0.3) is 0 Å². The number of anilines is 1. The third kappa shape index (κ3) is 5.44. The third-order valence-corrected chi connectivity index (χ3v) is 5.39. The number of benzene rings is 2. The van der Waals surface area contributed by atoms with E-state index in [4.69, 9.17) is 0 Å². The highest BCUT2D eigenvalue weighted by Crippen LogP contribution is 2.31. The molecule has 6 nitrogen and oxygen atoms in total. The van der Waals surface area contributed by atoms with Gasteiger partial charge in [0.05, 0.1) is 23.1 Å². The number of para-hydroxylation sites is 1. The molecule has 1 saturated carbocycles. The van der Waals surface area contributed by atoms with Gasteiger partial charge in [-0.1, -0.05) is 55.3 Å².